The third-order valence-corrected chi connectivity index (χ3v) is 6.67. The zero-order valence-electron chi connectivity index (χ0n) is 10.2. The first-order valence-electron chi connectivity index (χ1n) is 5.28. The first-order chi connectivity index (χ1) is 7.52. The van der Waals surface area contributed by atoms with Gasteiger partial charge < -0.3 is 0 Å². The molecule has 0 fully saturated rings. The molecule has 16 heavy (non-hydrogen) atoms. The Morgan fingerprint density at radius 3 is 2.88 bits per heavy atom. The van der Waals surface area contributed by atoms with E-state index in [2.05, 4.69) is 27.5 Å². The number of alkyl halides is 2. The van der Waals surface area contributed by atoms with Crippen molar-refractivity contribution in [2.45, 2.75) is 33.4 Å². The summed E-state index contributed by atoms with van der Waals surface area (Å²) in [5.74, 6) is -0.0144. The fourth-order valence-corrected chi connectivity index (χ4v) is 3.19. The molecule has 0 aliphatic rings. The van der Waals surface area contributed by atoms with Gasteiger partial charge in [-0.25, -0.2) is 0 Å². The van der Waals surface area contributed by atoms with E-state index in [9.17, 15) is 4.79 Å². The van der Waals surface area contributed by atoms with E-state index in [1.54, 1.807) is 4.68 Å². The van der Waals surface area contributed by atoms with Crippen molar-refractivity contribution in [3.8, 4) is 0 Å². The number of amides is 1. The van der Waals surface area contributed by atoms with Crippen LogP contribution in [0.3, 0.4) is 0 Å². The first-order valence-corrected chi connectivity index (χ1v) is 10.0. The predicted octanol–water partition coefficient (Wildman–Crippen LogP) is 1.13. The van der Waals surface area contributed by atoms with Crippen molar-refractivity contribution in [2.24, 2.45) is 0 Å². The van der Waals surface area contributed by atoms with E-state index in [1.807, 2.05) is 20.0 Å². The van der Waals surface area contributed by atoms with Gasteiger partial charge >= 0.3 is 103 Å². The number of nitrogens with zero attached hydrogens (tertiary/aromatic N) is 3. The molecule has 1 amide bonds. The molecule has 1 heterocycles. The minimum absolute atomic E-state index is 0.0144. The van der Waals surface area contributed by atoms with Crippen LogP contribution in [0.15, 0.2) is 6.20 Å². The van der Waals surface area contributed by atoms with Crippen molar-refractivity contribution in [3.63, 3.8) is 0 Å². The number of hydrogen-bond acceptors (Lipinski definition) is 3. The van der Waals surface area contributed by atoms with Gasteiger partial charge in [-0.05, 0) is 0 Å². The second-order valence-electron chi connectivity index (χ2n) is 3.82. The van der Waals surface area contributed by atoms with Crippen LogP contribution in [0.2, 0.25) is 0 Å². The van der Waals surface area contributed by atoms with Crippen LogP contribution < -0.4 is 5.32 Å². The van der Waals surface area contributed by atoms with Crippen molar-refractivity contribution in [1.29, 1.82) is 0 Å². The van der Waals surface area contributed by atoms with Gasteiger partial charge in [-0.3, -0.25) is 0 Å². The number of aromatic nitrogens is 3. The standard InChI is InChI=1S/C10H19IN4O/c1-5-11(4)9-6-15(14-13-9)7-10(16)12-8(2)3/h6,8H,5,7H2,1-4H3,(H,12,16). The molecule has 5 nitrogen and oxygen atoms in total. The molecule has 1 aromatic rings. The van der Waals surface area contributed by atoms with Crippen molar-refractivity contribution in [3.05, 3.63) is 9.90 Å². The maximum absolute atomic E-state index is 11.5. The molecule has 0 saturated heterocycles. The maximum atomic E-state index is 11.5. The molecule has 0 unspecified atom stereocenters. The van der Waals surface area contributed by atoms with Crippen LogP contribution in [0.1, 0.15) is 20.8 Å². The van der Waals surface area contributed by atoms with E-state index in [0.29, 0.717) is 0 Å². The van der Waals surface area contributed by atoms with Crippen molar-refractivity contribution >= 4 is 25.7 Å². The number of carbonyl (C=O) groups is 1. The summed E-state index contributed by atoms with van der Waals surface area (Å²) in [6.45, 7) is 6.32. The van der Waals surface area contributed by atoms with Gasteiger partial charge in [0.05, 0.1) is 0 Å². The van der Waals surface area contributed by atoms with E-state index >= 15 is 0 Å². The SMILES string of the molecule is CCI(C)c1cn(CC(=O)NC(C)C)nn1. The van der Waals surface area contributed by atoms with Crippen LogP contribution >= 0.6 is 19.8 Å². The topological polar surface area (TPSA) is 59.8 Å². The van der Waals surface area contributed by atoms with E-state index in [1.165, 1.54) is 4.43 Å². The Bertz CT molecular complexity index is 350. The van der Waals surface area contributed by atoms with Gasteiger partial charge in [-0.15, -0.1) is 0 Å². The molecule has 6 heteroatoms. The van der Waals surface area contributed by atoms with Gasteiger partial charge in [0, 0.05) is 0 Å². The van der Waals surface area contributed by atoms with Crippen molar-refractivity contribution < 1.29 is 4.79 Å². The molecule has 0 aliphatic carbocycles. The summed E-state index contributed by atoms with van der Waals surface area (Å²) in [5, 5.41) is 10.9. The molecule has 0 bridgehead atoms. The van der Waals surface area contributed by atoms with Crippen LogP contribution in [-0.4, -0.2) is 36.3 Å². The molecule has 92 valence electrons. The Hall–Kier alpha value is -0.660. The Kier molecular flexibility index (Phi) is 5.17. The number of rotatable bonds is 5. The van der Waals surface area contributed by atoms with Crippen molar-refractivity contribution in [1.82, 2.24) is 20.3 Å². The third kappa shape index (κ3) is 4.07. The van der Waals surface area contributed by atoms with Crippen LogP contribution in [0, 0.1) is 3.70 Å². The normalized spacial score (nSPS) is 11.7. The van der Waals surface area contributed by atoms with E-state index in [4.69, 9.17) is 0 Å². The minimum atomic E-state index is -1.09. The summed E-state index contributed by atoms with van der Waals surface area (Å²) < 4.78 is 3.90. The molecule has 1 N–H and O–H groups in total. The monoisotopic (exact) mass is 338 g/mol. The van der Waals surface area contributed by atoms with E-state index in [-0.39, 0.29) is 18.5 Å². The molecule has 1 rings (SSSR count). The summed E-state index contributed by atoms with van der Waals surface area (Å²) in [5.41, 5.74) is 0. The molecule has 0 atom stereocenters. The molecular formula is C10H19IN4O. The second kappa shape index (κ2) is 6.17. The van der Waals surface area contributed by atoms with Gasteiger partial charge in [0.25, 0.3) is 0 Å². The average Bonchev–Trinajstić information content (AvgIpc) is 2.63. The zero-order chi connectivity index (χ0) is 12.1. The number of carbonyl (C=O) groups excluding carboxylic acids is 1. The van der Waals surface area contributed by atoms with Gasteiger partial charge in [0.15, 0.2) is 0 Å². The summed E-state index contributed by atoms with van der Waals surface area (Å²) in [4.78, 5) is 13.7. The van der Waals surface area contributed by atoms with Crippen LogP contribution in [0.5, 0.6) is 0 Å². The molecule has 0 aliphatic heterocycles. The van der Waals surface area contributed by atoms with Crippen LogP contribution in [0.4, 0.5) is 0 Å². The van der Waals surface area contributed by atoms with Crippen LogP contribution in [-0.2, 0) is 11.3 Å². The molecule has 1 aromatic heterocycles. The quantitative estimate of drug-likeness (QED) is 0.647. The molecule has 0 aromatic carbocycles. The Balaban J connectivity index is 2.55. The summed E-state index contributed by atoms with van der Waals surface area (Å²) in [6, 6.07) is 0.167. The fourth-order valence-electron chi connectivity index (χ4n) is 1.15. The summed E-state index contributed by atoms with van der Waals surface area (Å²) in [6.07, 6.45) is 1.91. The van der Waals surface area contributed by atoms with Gasteiger partial charge in [0.1, 0.15) is 0 Å². The van der Waals surface area contributed by atoms with Gasteiger partial charge in [-0.1, -0.05) is 0 Å². The fraction of sp³-hybridized carbons (Fsp3) is 0.700. The first kappa shape index (κ1) is 13.4. The molecule has 0 radical (unpaired) electrons. The molecule has 0 saturated carbocycles. The Morgan fingerprint density at radius 2 is 2.31 bits per heavy atom. The predicted molar refractivity (Wildman–Crippen MR) is 72.5 cm³/mol. The number of hydrogen-bond donors (Lipinski definition) is 1. The van der Waals surface area contributed by atoms with E-state index < -0.39 is 19.8 Å². The number of nitrogens with one attached hydrogen (secondary N) is 1. The Labute approximate surface area is 103 Å². The van der Waals surface area contributed by atoms with E-state index in [0.717, 1.165) is 3.70 Å². The average molecular weight is 338 g/mol. The van der Waals surface area contributed by atoms with Crippen LogP contribution in [0.25, 0.3) is 0 Å². The third-order valence-electron chi connectivity index (χ3n) is 2.00. The van der Waals surface area contributed by atoms with Gasteiger partial charge in [-0.2, -0.15) is 0 Å². The molecular weight excluding hydrogens is 319 g/mol. The summed E-state index contributed by atoms with van der Waals surface area (Å²) >= 11 is -1.09. The zero-order valence-corrected chi connectivity index (χ0v) is 12.4. The number of halogens is 1. The molecule has 0 spiro atoms. The summed E-state index contributed by atoms with van der Waals surface area (Å²) in [7, 11) is 0. The Morgan fingerprint density at radius 1 is 1.62 bits per heavy atom. The van der Waals surface area contributed by atoms with Gasteiger partial charge in [0.2, 0.25) is 0 Å². The van der Waals surface area contributed by atoms with Crippen molar-refractivity contribution in [2.75, 3.05) is 9.36 Å². The second-order valence-corrected chi connectivity index (χ2v) is 9.82.